The van der Waals surface area contributed by atoms with Crippen molar-refractivity contribution in [3.05, 3.63) is 76.8 Å². The predicted octanol–water partition coefficient (Wildman–Crippen LogP) is 4.66. The molecule has 1 aliphatic rings. The third kappa shape index (κ3) is 4.20. The van der Waals surface area contributed by atoms with E-state index in [9.17, 15) is 26.4 Å². The largest absolute Gasteiger partial charge is 0.416 e. The van der Waals surface area contributed by atoms with Crippen molar-refractivity contribution >= 4 is 38.3 Å². The number of halogens is 4. The first-order chi connectivity index (χ1) is 15.1. The Morgan fingerprint density at radius 1 is 0.906 bits per heavy atom. The van der Waals surface area contributed by atoms with Gasteiger partial charge in [0, 0.05) is 37.1 Å². The Morgan fingerprint density at radius 3 is 2.28 bits per heavy atom. The molecule has 0 unspecified atom stereocenters. The van der Waals surface area contributed by atoms with E-state index < -0.39 is 27.7 Å². The molecule has 1 fully saturated rings. The van der Waals surface area contributed by atoms with Gasteiger partial charge in [0.05, 0.1) is 10.6 Å². The van der Waals surface area contributed by atoms with Crippen molar-refractivity contribution in [1.29, 1.82) is 0 Å². The van der Waals surface area contributed by atoms with Crippen LogP contribution in [0.5, 0.6) is 0 Å². The van der Waals surface area contributed by atoms with E-state index in [0.717, 1.165) is 17.5 Å². The van der Waals surface area contributed by atoms with Crippen LogP contribution in [0.3, 0.4) is 0 Å². The Bertz CT molecular complexity index is 1290. The van der Waals surface area contributed by atoms with Crippen LogP contribution in [0.25, 0.3) is 10.8 Å². The van der Waals surface area contributed by atoms with Gasteiger partial charge in [-0.3, -0.25) is 4.79 Å². The molecule has 32 heavy (non-hydrogen) atoms. The van der Waals surface area contributed by atoms with Crippen LogP contribution in [0, 0.1) is 0 Å². The first-order valence-corrected chi connectivity index (χ1v) is 11.5. The maximum atomic E-state index is 13.3. The van der Waals surface area contributed by atoms with Gasteiger partial charge in [-0.1, -0.05) is 48.0 Å². The zero-order valence-corrected chi connectivity index (χ0v) is 18.2. The lowest BCUT2D eigenvalue weighted by Crippen LogP contribution is -2.50. The second-order valence-electron chi connectivity index (χ2n) is 7.37. The van der Waals surface area contributed by atoms with Gasteiger partial charge in [-0.05, 0) is 29.7 Å². The Balaban J connectivity index is 1.54. The summed E-state index contributed by atoms with van der Waals surface area (Å²) in [6, 6.07) is 14.5. The minimum absolute atomic E-state index is 0.00653. The number of hydrogen-bond acceptors (Lipinski definition) is 3. The van der Waals surface area contributed by atoms with Crippen LogP contribution in [0.4, 0.5) is 13.2 Å². The third-order valence-corrected chi connectivity index (χ3v) is 7.82. The van der Waals surface area contributed by atoms with Crippen molar-refractivity contribution in [3.8, 4) is 0 Å². The average Bonchev–Trinajstić information content (AvgIpc) is 2.78. The van der Waals surface area contributed by atoms with Gasteiger partial charge in [-0.15, -0.1) is 0 Å². The first kappa shape index (κ1) is 22.6. The van der Waals surface area contributed by atoms with Gasteiger partial charge in [-0.2, -0.15) is 17.5 Å². The molecule has 1 aliphatic heterocycles. The normalized spacial score (nSPS) is 15.8. The lowest BCUT2D eigenvalue weighted by atomic mass is 10.1. The number of carbonyl (C=O) groups is 1. The minimum Gasteiger partial charge on any atom is -0.336 e. The van der Waals surface area contributed by atoms with E-state index in [4.69, 9.17) is 11.6 Å². The summed E-state index contributed by atoms with van der Waals surface area (Å²) >= 11 is 6.26. The van der Waals surface area contributed by atoms with Crippen molar-refractivity contribution in [2.75, 3.05) is 26.2 Å². The molecular weight excluding hydrogens is 465 g/mol. The highest BCUT2D eigenvalue weighted by atomic mass is 35.5. The van der Waals surface area contributed by atoms with Crippen molar-refractivity contribution in [3.63, 3.8) is 0 Å². The first-order valence-electron chi connectivity index (χ1n) is 9.73. The molecular formula is C22H18ClF3N2O3S. The van der Waals surface area contributed by atoms with E-state index >= 15 is 0 Å². The second-order valence-corrected chi connectivity index (χ2v) is 9.65. The highest BCUT2D eigenvalue weighted by Gasteiger charge is 2.34. The van der Waals surface area contributed by atoms with E-state index in [1.54, 1.807) is 30.3 Å². The van der Waals surface area contributed by atoms with Gasteiger partial charge in [0.2, 0.25) is 10.0 Å². The fourth-order valence-corrected chi connectivity index (χ4v) is 5.89. The van der Waals surface area contributed by atoms with Gasteiger partial charge in [0.25, 0.3) is 5.91 Å². The molecule has 0 saturated carbocycles. The average molecular weight is 483 g/mol. The Hall–Kier alpha value is -2.62. The minimum atomic E-state index is -4.55. The van der Waals surface area contributed by atoms with E-state index in [1.165, 1.54) is 27.4 Å². The molecule has 0 aromatic heterocycles. The third-order valence-electron chi connectivity index (χ3n) is 5.39. The molecule has 3 aromatic carbocycles. The molecule has 1 heterocycles. The van der Waals surface area contributed by atoms with Crippen molar-refractivity contribution in [1.82, 2.24) is 9.21 Å². The summed E-state index contributed by atoms with van der Waals surface area (Å²) in [6.45, 7) is 0.118. The lowest BCUT2D eigenvalue weighted by molar-refractivity contribution is -0.137. The number of amides is 1. The summed E-state index contributed by atoms with van der Waals surface area (Å²) in [5.41, 5.74) is -0.997. The van der Waals surface area contributed by atoms with Crippen molar-refractivity contribution in [2.24, 2.45) is 0 Å². The zero-order chi connectivity index (χ0) is 23.1. The molecule has 3 aromatic rings. The molecule has 0 N–H and O–H groups in total. The number of nitrogens with zero attached hydrogens (tertiary/aromatic N) is 2. The van der Waals surface area contributed by atoms with E-state index in [2.05, 4.69) is 0 Å². The van der Waals surface area contributed by atoms with Crippen LogP contribution < -0.4 is 0 Å². The number of rotatable bonds is 3. The predicted molar refractivity (Wildman–Crippen MR) is 115 cm³/mol. The molecule has 4 rings (SSSR count). The van der Waals surface area contributed by atoms with E-state index in [1.807, 2.05) is 0 Å². The molecule has 1 saturated heterocycles. The summed E-state index contributed by atoms with van der Waals surface area (Å²) in [5, 5.41) is 1.34. The number of benzene rings is 3. The summed E-state index contributed by atoms with van der Waals surface area (Å²) in [5.74, 6) is -0.573. The van der Waals surface area contributed by atoms with Gasteiger partial charge >= 0.3 is 6.18 Å². The number of fused-ring (bicyclic) bond motifs is 1. The molecule has 1 amide bonds. The quantitative estimate of drug-likeness (QED) is 0.545. The highest BCUT2D eigenvalue weighted by Crippen LogP contribution is 2.33. The van der Waals surface area contributed by atoms with Gasteiger partial charge in [0.1, 0.15) is 4.90 Å². The smallest absolute Gasteiger partial charge is 0.336 e. The van der Waals surface area contributed by atoms with Gasteiger partial charge in [-0.25, -0.2) is 8.42 Å². The summed E-state index contributed by atoms with van der Waals surface area (Å²) in [4.78, 5) is 14.1. The Kier molecular flexibility index (Phi) is 5.91. The second kappa shape index (κ2) is 8.38. The van der Waals surface area contributed by atoms with Crippen LogP contribution >= 0.6 is 11.6 Å². The lowest BCUT2D eigenvalue weighted by Gasteiger charge is -2.34. The molecule has 10 heteroatoms. The fourth-order valence-electron chi connectivity index (χ4n) is 3.75. The standard InChI is InChI=1S/C22H18ClF3N2O3S/c23-19-9-8-15-4-1-2-7-18(15)20(19)32(30,31)28-12-10-27(11-13-28)21(29)16-5-3-6-17(14-16)22(24,25)26/h1-9,14H,10-13H2. The van der Waals surface area contributed by atoms with E-state index in [0.29, 0.717) is 5.39 Å². The van der Waals surface area contributed by atoms with E-state index in [-0.39, 0.29) is 41.7 Å². The highest BCUT2D eigenvalue weighted by molar-refractivity contribution is 7.89. The maximum absolute atomic E-state index is 13.3. The number of hydrogen-bond donors (Lipinski definition) is 0. The number of carbonyl (C=O) groups excluding carboxylic acids is 1. The molecule has 0 radical (unpaired) electrons. The molecule has 0 bridgehead atoms. The number of piperazine rings is 1. The van der Waals surface area contributed by atoms with Gasteiger partial charge < -0.3 is 4.90 Å². The van der Waals surface area contributed by atoms with Crippen LogP contribution in [-0.2, 0) is 16.2 Å². The van der Waals surface area contributed by atoms with Crippen molar-refractivity contribution in [2.45, 2.75) is 11.1 Å². The summed E-state index contributed by atoms with van der Waals surface area (Å²) in [6.07, 6.45) is -4.55. The molecule has 0 atom stereocenters. The number of alkyl halides is 3. The zero-order valence-electron chi connectivity index (χ0n) is 16.6. The van der Waals surface area contributed by atoms with Crippen LogP contribution in [-0.4, -0.2) is 49.7 Å². The fraction of sp³-hybridized carbons (Fsp3) is 0.227. The summed E-state index contributed by atoms with van der Waals surface area (Å²) < 4.78 is 66.8. The SMILES string of the molecule is O=C(c1cccc(C(F)(F)F)c1)N1CCN(S(=O)(=O)c2c(Cl)ccc3ccccc23)CC1. The molecule has 0 aliphatic carbocycles. The monoisotopic (exact) mass is 482 g/mol. The molecule has 5 nitrogen and oxygen atoms in total. The molecule has 168 valence electrons. The van der Waals surface area contributed by atoms with Crippen LogP contribution in [0.1, 0.15) is 15.9 Å². The van der Waals surface area contributed by atoms with Crippen LogP contribution in [0.15, 0.2) is 65.6 Å². The Labute approximate surface area is 188 Å². The topological polar surface area (TPSA) is 57.7 Å². The maximum Gasteiger partial charge on any atom is 0.416 e. The van der Waals surface area contributed by atoms with Gasteiger partial charge in [0.15, 0.2) is 0 Å². The van der Waals surface area contributed by atoms with Crippen LogP contribution in [0.2, 0.25) is 5.02 Å². The Morgan fingerprint density at radius 2 is 1.59 bits per heavy atom. The van der Waals surface area contributed by atoms with Crippen molar-refractivity contribution < 1.29 is 26.4 Å². The molecule has 0 spiro atoms. The number of sulfonamides is 1. The summed E-state index contributed by atoms with van der Waals surface area (Å²) in [7, 11) is -3.94.